The minimum Gasteiger partial charge on any atom is 5.00 e. The molecule has 6 heavy (non-hydrogen) atoms. The molecule has 0 aliphatic carbocycles. The van der Waals surface area contributed by atoms with Gasteiger partial charge in [0.15, 0.2) is 0 Å². The van der Waals surface area contributed by atoms with Crippen LogP contribution in [0.25, 0.3) is 0 Å². The van der Waals surface area contributed by atoms with Gasteiger partial charge in [-0.05, 0) is 0 Å². The summed E-state index contributed by atoms with van der Waals surface area (Å²) in [6.07, 6.45) is 0. The molecule has 0 unspecified atom stereocenters. The minimum absolute atomic E-state index is 0. The summed E-state index contributed by atoms with van der Waals surface area (Å²) in [5.41, 5.74) is 0. The van der Waals surface area contributed by atoms with Gasteiger partial charge in [-0.15, -0.1) is 0 Å². The van der Waals surface area contributed by atoms with Crippen molar-refractivity contribution in [1.82, 2.24) is 0 Å². The SMILES string of the molecule is [O-2].[O-2].[O-2].[O]=[Ru+].[Ta+5]. The molecule has 0 saturated carbocycles. The summed E-state index contributed by atoms with van der Waals surface area (Å²) in [7, 11) is 0. The smallest absolute Gasteiger partial charge is 5.00 e. The van der Waals surface area contributed by atoms with Crippen LogP contribution in [0.4, 0.5) is 0 Å². The quantitative estimate of drug-likeness (QED) is 0.544. The van der Waals surface area contributed by atoms with Gasteiger partial charge in [0, 0.05) is 0 Å². The van der Waals surface area contributed by atoms with E-state index >= 15 is 0 Å². The first-order chi connectivity index (χ1) is 1.00. The zero-order valence-corrected chi connectivity index (χ0v) is 7.39. The molecule has 0 rings (SSSR count). The number of rotatable bonds is 0. The Balaban J connectivity index is -0.000000000833. The predicted molar refractivity (Wildman–Crippen MR) is 2.75 cm³/mol. The average molecular weight is 346 g/mol. The zero-order valence-electron chi connectivity index (χ0n) is 2.43. The Hall–Kier alpha value is 1.04. The van der Waals surface area contributed by atoms with Crippen molar-refractivity contribution in [2.24, 2.45) is 0 Å². The summed E-state index contributed by atoms with van der Waals surface area (Å²) in [6.45, 7) is 0. The van der Waals surface area contributed by atoms with E-state index in [-0.39, 0.29) is 38.8 Å². The van der Waals surface area contributed by atoms with Crippen LogP contribution >= 0.6 is 0 Å². The molecule has 0 aliphatic rings. The third kappa shape index (κ3) is 75.7. The molecule has 0 radical (unpaired) electrons. The van der Waals surface area contributed by atoms with Crippen molar-refractivity contribution >= 4 is 0 Å². The van der Waals surface area contributed by atoms with Crippen LogP contribution in [0.15, 0.2) is 0 Å². The first-order valence-electron chi connectivity index (χ1n) is 0.144. The summed E-state index contributed by atoms with van der Waals surface area (Å²) in [5.74, 6) is 0. The van der Waals surface area contributed by atoms with Gasteiger partial charge in [-0.1, -0.05) is 0 Å². The Morgan fingerprint density at radius 1 is 0.833 bits per heavy atom. The van der Waals surface area contributed by atoms with Gasteiger partial charge in [-0.2, -0.15) is 0 Å². The second-order valence-electron chi connectivity index (χ2n) is 0. The fraction of sp³-hybridized carbons (Fsp3) is 0. The summed E-state index contributed by atoms with van der Waals surface area (Å²) >= 11 is 1.10. The minimum atomic E-state index is 0. The summed E-state index contributed by atoms with van der Waals surface area (Å²) in [4.78, 5) is 0. The van der Waals surface area contributed by atoms with Gasteiger partial charge in [0.25, 0.3) is 0 Å². The molecular formula is O4RuTa. The molecule has 0 bridgehead atoms. The molecule has 0 atom stereocenters. The van der Waals surface area contributed by atoms with Crippen LogP contribution in [0.1, 0.15) is 0 Å². The van der Waals surface area contributed by atoms with Crippen molar-refractivity contribution in [2.45, 2.75) is 0 Å². The van der Waals surface area contributed by atoms with Gasteiger partial charge in [0.05, 0.1) is 0 Å². The Kier molecular flexibility index (Phi) is 1450. The first-order valence-corrected chi connectivity index (χ1v) is 0.854. The molecule has 0 saturated heterocycles. The van der Waals surface area contributed by atoms with Crippen LogP contribution in [0.2, 0.25) is 0 Å². The van der Waals surface area contributed by atoms with E-state index in [1.165, 1.54) is 0 Å². The maximum absolute atomic E-state index is 8.18. The third-order valence-electron chi connectivity index (χ3n) is 0. The van der Waals surface area contributed by atoms with E-state index in [1.807, 2.05) is 0 Å². The molecular weight excluding hydrogens is 346 g/mol. The van der Waals surface area contributed by atoms with E-state index in [0.717, 1.165) is 18.3 Å². The van der Waals surface area contributed by atoms with Gasteiger partial charge in [0.2, 0.25) is 0 Å². The molecule has 37 valence electrons. The van der Waals surface area contributed by atoms with E-state index in [1.54, 1.807) is 0 Å². The van der Waals surface area contributed by atoms with Crippen LogP contribution in [0, 0.1) is 0 Å². The van der Waals surface area contributed by atoms with E-state index in [4.69, 9.17) is 3.57 Å². The predicted octanol–water partition coefficient (Wildman–Crippen LogP) is -0.480. The fourth-order valence-corrected chi connectivity index (χ4v) is 0. The standard InChI is InChI=1S/4O.Ru.Ta/q;3*-2;+1;+5. The largest absolute Gasteiger partial charge is 5.00 e. The normalized spacial score (nSPS) is 0.667. The van der Waals surface area contributed by atoms with Crippen molar-refractivity contribution in [3.8, 4) is 0 Å². The molecule has 0 aromatic rings. The third-order valence-corrected chi connectivity index (χ3v) is 0. The Morgan fingerprint density at radius 2 is 0.833 bits per heavy atom. The summed E-state index contributed by atoms with van der Waals surface area (Å²) in [5, 5.41) is 0. The summed E-state index contributed by atoms with van der Waals surface area (Å²) in [6, 6.07) is 0. The van der Waals surface area contributed by atoms with Crippen LogP contribution in [0.5, 0.6) is 0 Å². The van der Waals surface area contributed by atoms with E-state index in [9.17, 15) is 0 Å². The summed E-state index contributed by atoms with van der Waals surface area (Å²) < 4.78 is 8.18. The monoisotopic (exact) mass is 347 g/mol. The van der Waals surface area contributed by atoms with Crippen molar-refractivity contribution < 1.29 is 60.6 Å². The molecule has 0 spiro atoms. The number of hydrogen-bond acceptors (Lipinski definition) is 1. The van der Waals surface area contributed by atoms with E-state index in [0.29, 0.717) is 0 Å². The van der Waals surface area contributed by atoms with Crippen molar-refractivity contribution in [3.63, 3.8) is 0 Å². The Morgan fingerprint density at radius 3 is 0.833 bits per heavy atom. The number of hydrogen-bond donors (Lipinski definition) is 0. The molecule has 0 aromatic heterocycles. The van der Waals surface area contributed by atoms with E-state index in [2.05, 4.69) is 0 Å². The second kappa shape index (κ2) is 141. The molecule has 6 heteroatoms. The molecule has 0 amide bonds. The van der Waals surface area contributed by atoms with Gasteiger partial charge < -0.3 is 16.4 Å². The Bertz CT molecular complexity index is 7.51. The van der Waals surface area contributed by atoms with E-state index < -0.39 is 0 Å². The molecule has 0 heterocycles. The maximum atomic E-state index is 8.18. The second-order valence-corrected chi connectivity index (χ2v) is 0. The molecule has 0 N–H and O–H groups in total. The van der Waals surface area contributed by atoms with Crippen molar-refractivity contribution in [3.05, 3.63) is 0 Å². The van der Waals surface area contributed by atoms with Gasteiger partial charge >= 0.3 is 44.2 Å². The fourth-order valence-electron chi connectivity index (χ4n) is 0. The van der Waals surface area contributed by atoms with Crippen LogP contribution < -0.4 is 0 Å². The van der Waals surface area contributed by atoms with Crippen molar-refractivity contribution in [1.29, 1.82) is 0 Å². The van der Waals surface area contributed by atoms with Gasteiger partial charge in [-0.25, -0.2) is 0 Å². The van der Waals surface area contributed by atoms with Crippen LogP contribution in [-0.2, 0) is 60.6 Å². The topological polar surface area (TPSA) is 103 Å². The molecule has 0 aliphatic heterocycles. The van der Waals surface area contributed by atoms with Crippen molar-refractivity contribution in [2.75, 3.05) is 0 Å². The molecule has 4 nitrogen and oxygen atoms in total. The van der Waals surface area contributed by atoms with Crippen LogP contribution in [-0.4, -0.2) is 0 Å². The molecule has 0 aromatic carbocycles. The molecule has 0 fully saturated rings. The Labute approximate surface area is 60.7 Å². The maximum Gasteiger partial charge on any atom is 5.00 e. The van der Waals surface area contributed by atoms with Crippen LogP contribution in [0.3, 0.4) is 0 Å². The van der Waals surface area contributed by atoms with Gasteiger partial charge in [0.1, 0.15) is 0 Å². The first kappa shape index (κ1) is 61.6. The average Bonchev–Trinajstić information content (AvgIpc) is 1.00. The zero-order chi connectivity index (χ0) is 2.00. The van der Waals surface area contributed by atoms with Gasteiger partial charge in [-0.3, -0.25) is 0 Å².